The molecule has 0 aliphatic carbocycles. The smallest absolute Gasteiger partial charge is 0.129 e. The Hall–Kier alpha value is -0.630. The van der Waals surface area contributed by atoms with Crippen molar-refractivity contribution in [3.05, 3.63) is 24.3 Å². The van der Waals surface area contributed by atoms with Gasteiger partial charge in [-0.05, 0) is 6.07 Å². The SMILES string of the molecule is ClCCc1ncccn1. The van der Waals surface area contributed by atoms with E-state index >= 15 is 0 Å². The molecule has 0 atom stereocenters. The first-order valence-electron chi connectivity index (χ1n) is 2.75. The molecule has 0 unspecified atom stereocenters. The van der Waals surface area contributed by atoms with Crippen LogP contribution >= 0.6 is 11.6 Å². The fraction of sp³-hybridized carbons (Fsp3) is 0.333. The van der Waals surface area contributed by atoms with Crippen molar-refractivity contribution in [3.8, 4) is 0 Å². The zero-order valence-corrected chi connectivity index (χ0v) is 5.67. The van der Waals surface area contributed by atoms with Crippen LogP contribution in [0, 0.1) is 0 Å². The summed E-state index contributed by atoms with van der Waals surface area (Å²) >= 11 is 5.46. The van der Waals surface area contributed by atoms with Gasteiger partial charge >= 0.3 is 0 Å². The Morgan fingerprint density at radius 1 is 1.33 bits per heavy atom. The second-order valence-electron chi connectivity index (χ2n) is 1.60. The minimum atomic E-state index is 0.587. The van der Waals surface area contributed by atoms with Crippen LogP contribution in [-0.4, -0.2) is 15.8 Å². The van der Waals surface area contributed by atoms with Crippen LogP contribution in [0.5, 0.6) is 0 Å². The number of halogens is 1. The van der Waals surface area contributed by atoms with Crippen molar-refractivity contribution in [3.63, 3.8) is 0 Å². The lowest BCUT2D eigenvalue weighted by atomic mass is 10.4. The third-order valence-corrected chi connectivity index (χ3v) is 1.13. The van der Waals surface area contributed by atoms with E-state index in [0.29, 0.717) is 5.88 Å². The van der Waals surface area contributed by atoms with Gasteiger partial charge in [-0.25, -0.2) is 9.97 Å². The summed E-state index contributed by atoms with van der Waals surface area (Å²) in [4.78, 5) is 7.95. The summed E-state index contributed by atoms with van der Waals surface area (Å²) in [5.41, 5.74) is 0. The van der Waals surface area contributed by atoms with Gasteiger partial charge in [-0.2, -0.15) is 0 Å². The molecular weight excluding hydrogens is 136 g/mol. The van der Waals surface area contributed by atoms with E-state index < -0.39 is 0 Å². The summed E-state index contributed by atoms with van der Waals surface area (Å²) in [6.07, 6.45) is 4.19. The number of nitrogens with zero attached hydrogens (tertiary/aromatic N) is 2. The standard InChI is InChI=1S/C6H7ClN2/c7-3-2-6-8-4-1-5-9-6/h1,4-5H,2-3H2. The van der Waals surface area contributed by atoms with E-state index in [0.717, 1.165) is 12.2 Å². The number of rotatable bonds is 2. The normalized spacial score (nSPS) is 9.44. The first-order chi connectivity index (χ1) is 4.43. The highest BCUT2D eigenvalue weighted by molar-refractivity contribution is 6.17. The van der Waals surface area contributed by atoms with Crippen LogP contribution in [0.25, 0.3) is 0 Å². The van der Waals surface area contributed by atoms with E-state index in [1.807, 2.05) is 0 Å². The van der Waals surface area contributed by atoms with Crippen LogP contribution in [0.2, 0.25) is 0 Å². The number of alkyl halides is 1. The molecule has 0 bridgehead atoms. The molecule has 0 amide bonds. The average molecular weight is 143 g/mol. The first-order valence-corrected chi connectivity index (χ1v) is 3.29. The van der Waals surface area contributed by atoms with Crippen molar-refractivity contribution >= 4 is 11.6 Å². The molecule has 1 heterocycles. The predicted molar refractivity (Wildman–Crippen MR) is 36.5 cm³/mol. The maximum Gasteiger partial charge on any atom is 0.129 e. The zero-order chi connectivity index (χ0) is 6.53. The van der Waals surface area contributed by atoms with Gasteiger partial charge in [-0.1, -0.05) is 0 Å². The molecule has 0 aliphatic heterocycles. The summed E-state index contributed by atoms with van der Waals surface area (Å²) < 4.78 is 0. The Morgan fingerprint density at radius 3 is 2.56 bits per heavy atom. The van der Waals surface area contributed by atoms with E-state index in [1.165, 1.54) is 0 Å². The van der Waals surface area contributed by atoms with Crippen LogP contribution in [0.15, 0.2) is 18.5 Å². The molecule has 0 aromatic carbocycles. The quantitative estimate of drug-likeness (QED) is 0.581. The molecule has 0 spiro atoms. The molecule has 9 heavy (non-hydrogen) atoms. The Bertz CT molecular complexity index is 164. The monoisotopic (exact) mass is 142 g/mol. The summed E-state index contributed by atoms with van der Waals surface area (Å²) in [6, 6.07) is 1.79. The molecule has 48 valence electrons. The first kappa shape index (κ1) is 6.49. The molecular formula is C6H7ClN2. The lowest BCUT2D eigenvalue weighted by molar-refractivity contribution is 0.944. The Balaban J connectivity index is 2.61. The second kappa shape index (κ2) is 3.41. The fourth-order valence-corrected chi connectivity index (χ4v) is 0.713. The molecule has 0 radical (unpaired) electrons. The highest BCUT2D eigenvalue weighted by Gasteiger charge is 1.89. The van der Waals surface area contributed by atoms with Crippen LogP contribution < -0.4 is 0 Å². The van der Waals surface area contributed by atoms with E-state index in [2.05, 4.69) is 9.97 Å². The Morgan fingerprint density at radius 2 is 2.00 bits per heavy atom. The molecule has 0 N–H and O–H groups in total. The molecule has 0 fully saturated rings. The van der Waals surface area contributed by atoms with Gasteiger partial charge in [0.2, 0.25) is 0 Å². The maximum atomic E-state index is 5.46. The van der Waals surface area contributed by atoms with Crippen molar-refractivity contribution in [1.82, 2.24) is 9.97 Å². The zero-order valence-electron chi connectivity index (χ0n) is 4.92. The van der Waals surface area contributed by atoms with Gasteiger partial charge in [0.1, 0.15) is 5.82 Å². The Labute approximate surface area is 58.9 Å². The van der Waals surface area contributed by atoms with Crippen molar-refractivity contribution < 1.29 is 0 Å². The van der Waals surface area contributed by atoms with Gasteiger partial charge in [0.05, 0.1) is 0 Å². The van der Waals surface area contributed by atoms with E-state index in [4.69, 9.17) is 11.6 Å². The van der Waals surface area contributed by atoms with Crippen molar-refractivity contribution in [1.29, 1.82) is 0 Å². The van der Waals surface area contributed by atoms with Crippen molar-refractivity contribution in [2.75, 3.05) is 5.88 Å². The largest absolute Gasteiger partial charge is 0.241 e. The van der Waals surface area contributed by atoms with Crippen LogP contribution in [0.3, 0.4) is 0 Å². The van der Waals surface area contributed by atoms with Crippen LogP contribution in [0.4, 0.5) is 0 Å². The minimum Gasteiger partial charge on any atom is -0.241 e. The fourth-order valence-electron chi connectivity index (χ4n) is 0.544. The number of hydrogen-bond acceptors (Lipinski definition) is 2. The Kier molecular flexibility index (Phi) is 2.46. The third kappa shape index (κ3) is 1.98. The summed E-state index contributed by atoms with van der Waals surface area (Å²) in [5, 5.41) is 0. The van der Waals surface area contributed by atoms with Crippen molar-refractivity contribution in [2.45, 2.75) is 6.42 Å². The van der Waals surface area contributed by atoms with E-state index in [-0.39, 0.29) is 0 Å². The lowest BCUT2D eigenvalue weighted by Gasteiger charge is -1.90. The minimum absolute atomic E-state index is 0.587. The number of aryl methyl sites for hydroxylation is 1. The number of hydrogen-bond donors (Lipinski definition) is 0. The van der Waals surface area contributed by atoms with Crippen LogP contribution in [-0.2, 0) is 6.42 Å². The van der Waals surface area contributed by atoms with Gasteiger partial charge in [-0.3, -0.25) is 0 Å². The molecule has 0 saturated carbocycles. The van der Waals surface area contributed by atoms with E-state index in [1.54, 1.807) is 18.5 Å². The molecule has 3 heteroatoms. The van der Waals surface area contributed by atoms with Gasteiger partial charge in [0, 0.05) is 24.7 Å². The average Bonchev–Trinajstić information content (AvgIpc) is 1.91. The second-order valence-corrected chi connectivity index (χ2v) is 1.98. The van der Waals surface area contributed by atoms with Gasteiger partial charge in [0.15, 0.2) is 0 Å². The van der Waals surface area contributed by atoms with E-state index in [9.17, 15) is 0 Å². The van der Waals surface area contributed by atoms with Crippen LogP contribution in [0.1, 0.15) is 5.82 Å². The lowest BCUT2D eigenvalue weighted by Crippen LogP contribution is -1.92. The maximum absolute atomic E-state index is 5.46. The molecule has 1 aromatic heterocycles. The molecule has 2 nitrogen and oxygen atoms in total. The topological polar surface area (TPSA) is 25.8 Å². The van der Waals surface area contributed by atoms with Gasteiger partial charge in [-0.15, -0.1) is 11.6 Å². The molecule has 0 saturated heterocycles. The summed E-state index contributed by atoms with van der Waals surface area (Å²) in [7, 11) is 0. The molecule has 1 aromatic rings. The summed E-state index contributed by atoms with van der Waals surface area (Å²) in [6.45, 7) is 0. The molecule has 0 aliphatic rings. The van der Waals surface area contributed by atoms with Crippen molar-refractivity contribution in [2.24, 2.45) is 0 Å². The molecule has 1 rings (SSSR count). The highest BCUT2D eigenvalue weighted by Crippen LogP contribution is 1.89. The van der Waals surface area contributed by atoms with Gasteiger partial charge in [0.25, 0.3) is 0 Å². The third-order valence-electron chi connectivity index (χ3n) is 0.937. The van der Waals surface area contributed by atoms with Gasteiger partial charge < -0.3 is 0 Å². The summed E-state index contributed by atoms with van der Waals surface area (Å²) in [5.74, 6) is 1.40. The highest BCUT2D eigenvalue weighted by atomic mass is 35.5. The number of aromatic nitrogens is 2. The predicted octanol–water partition coefficient (Wildman–Crippen LogP) is 1.26.